The minimum atomic E-state index is -0.860. The molecule has 0 aromatic heterocycles. The van der Waals surface area contributed by atoms with Crippen molar-refractivity contribution >= 4 is 11.9 Å². The van der Waals surface area contributed by atoms with E-state index >= 15 is 0 Å². The molecular weight excluding hydrogens is 199 g/mol. The van der Waals surface area contributed by atoms with E-state index in [1.54, 1.807) is 0 Å². The van der Waals surface area contributed by atoms with Gasteiger partial charge < -0.3 is 11.6 Å². The third kappa shape index (κ3) is 4.08. The first-order valence-electron chi connectivity index (χ1n) is 4.07. The fourth-order valence-corrected chi connectivity index (χ4v) is 1.64. The molecule has 0 aliphatic heterocycles. The van der Waals surface area contributed by atoms with Gasteiger partial charge in [0.15, 0.2) is 0 Å². The summed E-state index contributed by atoms with van der Waals surface area (Å²) >= 11 is 0. The summed E-state index contributed by atoms with van der Waals surface area (Å²) in [5.74, 6) is -2.61. The smallest absolute Gasteiger partial charge is 1.00 e. The molecule has 0 bridgehead atoms. The molecule has 0 saturated heterocycles. The molecule has 4 nitrogen and oxygen atoms in total. The van der Waals surface area contributed by atoms with Gasteiger partial charge in [0.1, 0.15) is 0 Å². The van der Waals surface area contributed by atoms with E-state index in [0.717, 1.165) is 0 Å². The standard InChI is InChI=1S/C8H12O4.K.H/c9-7(10)5-2-1-3-6(4-5)8(11)12;;/h5-6H,1-4H2,(H,9,10)(H,11,12);;/q;+1;-1. The molecule has 1 aliphatic carbocycles. The van der Waals surface area contributed by atoms with Gasteiger partial charge in [-0.3, -0.25) is 9.59 Å². The maximum Gasteiger partial charge on any atom is 1.00 e. The van der Waals surface area contributed by atoms with Gasteiger partial charge in [-0.25, -0.2) is 0 Å². The Morgan fingerprint density at radius 2 is 1.46 bits per heavy atom. The van der Waals surface area contributed by atoms with Gasteiger partial charge in [-0.2, -0.15) is 0 Å². The predicted molar refractivity (Wildman–Crippen MR) is 41.8 cm³/mol. The van der Waals surface area contributed by atoms with Crippen molar-refractivity contribution in [2.45, 2.75) is 25.7 Å². The molecule has 70 valence electrons. The SMILES string of the molecule is O=C(O)C1CCCC(C(=O)O)C1.[H-].[K+]. The van der Waals surface area contributed by atoms with Crippen LogP contribution in [-0.2, 0) is 9.59 Å². The minimum Gasteiger partial charge on any atom is -1.00 e. The average Bonchev–Trinajstić information content (AvgIpc) is 2.04. The van der Waals surface area contributed by atoms with Crippen LogP contribution < -0.4 is 51.4 Å². The molecule has 1 aliphatic rings. The third-order valence-electron chi connectivity index (χ3n) is 2.37. The van der Waals surface area contributed by atoms with Gasteiger partial charge in [0.2, 0.25) is 0 Å². The molecule has 0 spiro atoms. The van der Waals surface area contributed by atoms with Gasteiger partial charge in [0.05, 0.1) is 11.8 Å². The van der Waals surface area contributed by atoms with Crippen molar-refractivity contribution in [3.8, 4) is 0 Å². The maximum absolute atomic E-state index is 10.5. The number of hydrogen-bond donors (Lipinski definition) is 2. The van der Waals surface area contributed by atoms with Crippen molar-refractivity contribution in [2.24, 2.45) is 11.8 Å². The zero-order valence-electron chi connectivity index (χ0n) is 8.69. The van der Waals surface area contributed by atoms with Gasteiger partial charge >= 0.3 is 63.3 Å². The maximum atomic E-state index is 10.5. The molecule has 1 saturated carbocycles. The molecule has 13 heavy (non-hydrogen) atoms. The first-order chi connectivity index (χ1) is 5.61. The summed E-state index contributed by atoms with van der Waals surface area (Å²) in [5.41, 5.74) is 0. The second kappa shape index (κ2) is 6.13. The van der Waals surface area contributed by atoms with Crippen molar-refractivity contribution in [2.75, 3.05) is 0 Å². The first-order valence-corrected chi connectivity index (χ1v) is 4.07. The molecule has 0 heterocycles. The topological polar surface area (TPSA) is 74.6 Å². The fourth-order valence-electron chi connectivity index (χ4n) is 1.64. The Kier molecular flexibility index (Phi) is 6.41. The summed E-state index contributed by atoms with van der Waals surface area (Å²) in [6, 6.07) is 0. The van der Waals surface area contributed by atoms with Crippen LogP contribution in [0, 0.1) is 11.8 Å². The molecule has 2 atom stereocenters. The second-order valence-corrected chi connectivity index (χ2v) is 3.24. The van der Waals surface area contributed by atoms with Crippen LogP contribution in [0.15, 0.2) is 0 Å². The molecule has 0 aromatic rings. The van der Waals surface area contributed by atoms with Crippen molar-refractivity contribution in [1.82, 2.24) is 0 Å². The first kappa shape index (κ1) is 13.6. The Morgan fingerprint density at radius 3 is 1.77 bits per heavy atom. The van der Waals surface area contributed by atoms with Gasteiger partial charge in [-0.15, -0.1) is 0 Å². The Morgan fingerprint density at radius 1 is 1.08 bits per heavy atom. The van der Waals surface area contributed by atoms with Crippen molar-refractivity contribution in [3.05, 3.63) is 0 Å². The monoisotopic (exact) mass is 212 g/mol. The van der Waals surface area contributed by atoms with Crippen LogP contribution >= 0.6 is 0 Å². The van der Waals surface area contributed by atoms with Crippen molar-refractivity contribution in [3.63, 3.8) is 0 Å². The normalized spacial score (nSPS) is 27.4. The molecule has 0 amide bonds. The van der Waals surface area contributed by atoms with E-state index in [4.69, 9.17) is 10.2 Å². The molecular formula is C8H13KO4. The zero-order chi connectivity index (χ0) is 9.14. The summed E-state index contributed by atoms with van der Waals surface area (Å²) < 4.78 is 0. The molecule has 1 rings (SSSR count). The number of aliphatic carboxylic acids is 2. The number of carbonyl (C=O) groups is 2. The molecule has 2 unspecified atom stereocenters. The average molecular weight is 212 g/mol. The van der Waals surface area contributed by atoms with Crippen LogP contribution in [0.5, 0.6) is 0 Å². The second-order valence-electron chi connectivity index (χ2n) is 3.24. The van der Waals surface area contributed by atoms with E-state index < -0.39 is 23.8 Å². The van der Waals surface area contributed by atoms with Crippen LogP contribution in [0.1, 0.15) is 27.1 Å². The Bertz CT molecular complexity index is 190. The van der Waals surface area contributed by atoms with Crippen molar-refractivity contribution < 1.29 is 72.6 Å². The van der Waals surface area contributed by atoms with E-state index in [0.29, 0.717) is 25.7 Å². The summed E-state index contributed by atoms with van der Waals surface area (Å²) in [6.45, 7) is 0. The van der Waals surface area contributed by atoms with E-state index in [-0.39, 0.29) is 52.8 Å². The van der Waals surface area contributed by atoms with E-state index in [1.165, 1.54) is 0 Å². The minimum absolute atomic E-state index is 0. The Hall–Kier alpha value is 0.576. The quantitative estimate of drug-likeness (QED) is 0.523. The third-order valence-corrected chi connectivity index (χ3v) is 2.37. The summed E-state index contributed by atoms with van der Waals surface area (Å²) in [5, 5.41) is 17.3. The fraction of sp³-hybridized carbons (Fsp3) is 0.750. The number of rotatable bonds is 2. The molecule has 2 N–H and O–H groups in total. The van der Waals surface area contributed by atoms with E-state index in [9.17, 15) is 9.59 Å². The predicted octanol–water partition coefficient (Wildman–Crippen LogP) is -1.92. The Balaban J connectivity index is 0. The molecule has 1 fully saturated rings. The Labute approximate surface area is 121 Å². The van der Waals surface area contributed by atoms with Crippen LogP contribution in [0.4, 0.5) is 0 Å². The molecule has 0 radical (unpaired) electrons. The van der Waals surface area contributed by atoms with Gasteiger partial charge in [-0.05, 0) is 19.3 Å². The summed E-state index contributed by atoms with van der Waals surface area (Å²) in [4.78, 5) is 21.1. The molecule has 0 aromatic carbocycles. The van der Waals surface area contributed by atoms with E-state index in [1.807, 2.05) is 0 Å². The van der Waals surface area contributed by atoms with Crippen molar-refractivity contribution in [1.29, 1.82) is 0 Å². The van der Waals surface area contributed by atoms with Crippen LogP contribution in [0.2, 0.25) is 0 Å². The largest absolute Gasteiger partial charge is 1.00 e. The molecule has 5 heteroatoms. The van der Waals surface area contributed by atoms with Crippen LogP contribution in [0.25, 0.3) is 0 Å². The number of hydrogen-bond acceptors (Lipinski definition) is 2. The van der Waals surface area contributed by atoms with Gasteiger partial charge in [-0.1, -0.05) is 6.42 Å². The zero-order valence-corrected chi connectivity index (χ0v) is 10.8. The van der Waals surface area contributed by atoms with Crippen LogP contribution in [0.3, 0.4) is 0 Å². The summed E-state index contributed by atoms with van der Waals surface area (Å²) in [6.07, 6.45) is 2.26. The van der Waals surface area contributed by atoms with E-state index in [2.05, 4.69) is 0 Å². The van der Waals surface area contributed by atoms with Gasteiger partial charge in [0, 0.05) is 0 Å². The van der Waals surface area contributed by atoms with Crippen LogP contribution in [-0.4, -0.2) is 22.2 Å². The number of carboxylic acids is 2. The number of carboxylic acid groups (broad SMARTS) is 2. The van der Waals surface area contributed by atoms with Gasteiger partial charge in [0.25, 0.3) is 0 Å². The summed E-state index contributed by atoms with van der Waals surface area (Å²) in [7, 11) is 0.